The SMILES string of the molecule is CNC(C)(CCN1C(=O)C2C(C1=O)C2(C)C)C(=O)OC. The molecule has 1 saturated heterocycles. The number of carbonyl (C=O) groups excluding carboxylic acids is 3. The summed E-state index contributed by atoms with van der Waals surface area (Å²) in [6, 6.07) is 0. The number of carbonyl (C=O) groups is 3. The van der Waals surface area contributed by atoms with E-state index in [1.165, 1.54) is 12.0 Å². The lowest BCUT2D eigenvalue weighted by Crippen LogP contribution is -2.51. The number of ether oxygens (including phenoxy) is 1. The molecule has 2 rings (SSSR count). The second-order valence-corrected chi connectivity index (χ2v) is 6.43. The molecule has 1 aliphatic carbocycles. The third-order valence-electron chi connectivity index (χ3n) is 4.91. The molecule has 3 unspecified atom stereocenters. The molecular weight excluding hydrogens is 260 g/mol. The van der Waals surface area contributed by atoms with E-state index in [4.69, 9.17) is 4.74 Å². The van der Waals surface area contributed by atoms with Gasteiger partial charge in [-0.15, -0.1) is 0 Å². The van der Waals surface area contributed by atoms with Gasteiger partial charge in [0.05, 0.1) is 18.9 Å². The molecule has 1 heterocycles. The Labute approximate surface area is 118 Å². The monoisotopic (exact) mass is 282 g/mol. The smallest absolute Gasteiger partial charge is 0.325 e. The lowest BCUT2D eigenvalue weighted by molar-refractivity contribution is -0.150. The number of likely N-dealkylation sites (tertiary alicyclic amines) is 1. The van der Waals surface area contributed by atoms with Gasteiger partial charge in [0.2, 0.25) is 11.8 Å². The fourth-order valence-electron chi connectivity index (χ4n) is 3.11. The Bertz CT molecular complexity index is 450. The summed E-state index contributed by atoms with van der Waals surface area (Å²) in [5.41, 5.74) is -1.09. The predicted octanol–water partition coefficient (Wildman–Crippen LogP) is 0.169. The second kappa shape index (κ2) is 4.55. The van der Waals surface area contributed by atoms with Crippen molar-refractivity contribution in [1.29, 1.82) is 0 Å². The van der Waals surface area contributed by atoms with Gasteiger partial charge in [0.15, 0.2) is 0 Å². The first kappa shape index (κ1) is 15.0. The molecule has 0 spiro atoms. The van der Waals surface area contributed by atoms with Crippen LogP contribution in [0.25, 0.3) is 0 Å². The summed E-state index contributed by atoms with van der Waals surface area (Å²) in [7, 11) is 2.98. The van der Waals surface area contributed by atoms with Gasteiger partial charge < -0.3 is 10.1 Å². The maximum Gasteiger partial charge on any atom is 0.325 e. The van der Waals surface area contributed by atoms with Crippen LogP contribution in [0.4, 0.5) is 0 Å². The zero-order chi connectivity index (χ0) is 15.3. The fourth-order valence-corrected chi connectivity index (χ4v) is 3.11. The van der Waals surface area contributed by atoms with E-state index in [-0.39, 0.29) is 35.6 Å². The minimum absolute atomic E-state index is 0.103. The summed E-state index contributed by atoms with van der Waals surface area (Å²) in [4.78, 5) is 37.4. The molecule has 1 aliphatic heterocycles. The van der Waals surface area contributed by atoms with E-state index in [9.17, 15) is 14.4 Å². The lowest BCUT2D eigenvalue weighted by atomic mass is 9.97. The zero-order valence-corrected chi connectivity index (χ0v) is 12.6. The number of hydrogen-bond donors (Lipinski definition) is 1. The largest absolute Gasteiger partial charge is 0.468 e. The summed E-state index contributed by atoms with van der Waals surface area (Å²) < 4.78 is 4.75. The average molecular weight is 282 g/mol. The van der Waals surface area contributed by atoms with Gasteiger partial charge >= 0.3 is 5.97 Å². The van der Waals surface area contributed by atoms with Gasteiger partial charge in [-0.25, -0.2) is 0 Å². The van der Waals surface area contributed by atoms with Gasteiger partial charge in [-0.3, -0.25) is 19.3 Å². The predicted molar refractivity (Wildman–Crippen MR) is 71.6 cm³/mol. The molecule has 0 aromatic rings. The number of imide groups is 1. The summed E-state index contributed by atoms with van der Waals surface area (Å²) in [6.07, 6.45) is 0.341. The lowest BCUT2D eigenvalue weighted by Gasteiger charge is -2.29. The van der Waals surface area contributed by atoms with E-state index in [1.54, 1.807) is 14.0 Å². The van der Waals surface area contributed by atoms with Crippen LogP contribution < -0.4 is 5.32 Å². The molecule has 1 saturated carbocycles. The van der Waals surface area contributed by atoms with Gasteiger partial charge in [-0.05, 0) is 25.8 Å². The molecular formula is C14H22N2O4. The summed E-state index contributed by atoms with van der Waals surface area (Å²) in [5, 5.41) is 2.90. The normalized spacial score (nSPS) is 29.9. The van der Waals surface area contributed by atoms with Gasteiger partial charge in [0.1, 0.15) is 5.54 Å². The first-order chi connectivity index (χ1) is 9.20. The van der Waals surface area contributed by atoms with Gasteiger partial charge in [-0.2, -0.15) is 0 Å². The molecule has 6 nitrogen and oxygen atoms in total. The number of fused-ring (bicyclic) bond motifs is 1. The quantitative estimate of drug-likeness (QED) is 0.574. The molecule has 0 aromatic carbocycles. The molecule has 3 atom stereocenters. The van der Waals surface area contributed by atoms with Crippen LogP contribution in [0.15, 0.2) is 0 Å². The van der Waals surface area contributed by atoms with Crippen molar-refractivity contribution in [1.82, 2.24) is 10.2 Å². The van der Waals surface area contributed by atoms with E-state index in [0.29, 0.717) is 6.42 Å². The van der Waals surface area contributed by atoms with Crippen LogP contribution in [0.5, 0.6) is 0 Å². The minimum atomic E-state index is -0.891. The summed E-state index contributed by atoms with van der Waals surface area (Å²) in [6.45, 7) is 5.84. The molecule has 2 amide bonds. The van der Waals surface area contributed by atoms with Gasteiger partial charge in [0, 0.05) is 6.54 Å². The molecule has 0 bridgehead atoms. The average Bonchev–Trinajstić information content (AvgIpc) is 2.87. The van der Waals surface area contributed by atoms with Crippen molar-refractivity contribution >= 4 is 17.8 Å². The molecule has 6 heteroatoms. The number of rotatable bonds is 5. The maximum atomic E-state index is 12.2. The van der Waals surface area contributed by atoms with Crippen molar-refractivity contribution in [3.63, 3.8) is 0 Å². The Balaban J connectivity index is 2.01. The highest BCUT2D eigenvalue weighted by Gasteiger charge is 2.72. The summed E-state index contributed by atoms with van der Waals surface area (Å²) >= 11 is 0. The van der Waals surface area contributed by atoms with Crippen LogP contribution in [0.2, 0.25) is 0 Å². The van der Waals surface area contributed by atoms with Crippen molar-refractivity contribution in [3.05, 3.63) is 0 Å². The molecule has 0 aromatic heterocycles. The van der Waals surface area contributed by atoms with E-state index in [0.717, 1.165) is 0 Å². The van der Waals surface area contributed by atoms with E-state index >= 15 is 0 Å². The topological polar surface area (TPSA) is 75.7 Å². The number of esters is 1. The zero-order valence-electron chi connectivity index (χ0n) is 12.6. The Morgan fingerprint density at radius 1 is 1.35 bits per heavy atom. The number of methoxy groups -OCH3 is 1. The number of likely N-dealkylation sites (N-methyl/N-ethyl adjacent to an activating group) is 1. The van der Waals surface area contributed by atoms with E-state index < -0.39 is 11.5 Å². The highest BCUT2D eigenvalue weighted by atomic mass is 16.5. The van der Waals surface area contributed by atoms with Crippen molar-refractivity contribution in [2.75, 3.05) is 20.7 Å². The maximum absolute atomic E-state index is 12.2. The van der Waals surface area contributed by atoms with Crippen molar-refractivity contribution in [2.45, 2.75) is 32.7 Å². The highest BCUT2D eigenvalue weighted by Crippen LogP contribution is 2.63. The van der Waals surface area contributed by atoms with Crippen LogP contribution in [-0.2, 0) is 19.1 Å². The highest BCUT2D eigenvalue weighted by molar-refractivity contribution is 6.10. The minimum Gasteiger partial charge on any atom is -0.468 e. The Morgan fingerprint density at radius 3 is 2.25 bits per heavy atom. The second-order valence-electron chi connectivity index (χ2n) is 6.43. The number of amides is 2. The first-order valence-corrected chi connectivity index (χ1v) is 6.83. The van der Waals surface area contributed by atoms with Crippen LogP contribution in [0.3, 0.4) is 0 Å². The molecule has 2 fully saturated rings. The standard InChI is InChI=1S/C14H22N2O4/c1-13(2)8-9(13)11(18)16(10(8)17)7-6-14(3,15-4)12(19)20-5/h8-9,15H,6-7H2,1-5H3. The van der Waals surface area contributed by atoms with Crippen molar-refractivity contribution in [2.24, 2.45) is 17.3 Å². The van der Waals surface area contributed by atoms with Gasteiger partial charge in [-0.1, -0.05) is 13.8 Å². The first-order valence-electron chi connectivity index (χ1n) is 6.83. The third-order valence-corrected chi connectivity index (χ3v) is 4.91. The fraction of sp³-hybridized carbons (Fsp3) is 0.786. The molecule has 0 radical (unpaired) electrons. The van der Waals surface area contributed by atoms with E-state index in [1.807, 2.05) is 13.8 Å². The molecule has 2 aliphatic rings. The number of nitrogens with one attached hydrogen (secondary N) is 1. The van der Waals surface area contributed by atoms with Crippen LogP contribution in [-0.4, -0.2) is 48.9 Å². The third kappa shape index (κ3) is 1.93. The van der Waals surface area contributed by atoms with Crippen LogP contribution >= 0.6 is 0 Å². The molecule has 1 N–H and O–H groups in total. The number of nitrogens with zero attached hydrogens (tertiary/aromatic N) is 1. The van der Waals surface area contributed by atoms with E-state index in [2.05, 4.69) is 5.32 Å². The number of hydrogen-bond acceptors (Lipinski definition) is 5. The molecule has 112 valence electrons. The Morgan fingerprint density at radius 2 is 1.85 bits per heavy atom. The van der Waals surface area contributed by atoms with Crippen LogP contribution in [0, 0.1) is 17.3 Å². The van der Waals surface area contributed by atoms with Crippen molar-refractivity contribution in [3.8, 4) is 0 Å². The number of piperidine rings is 1. The van der Waals surface area contributed by atoms with Gasteiger partial charge in [0.25, 0.3) is 0 Å². The van der Waals surface area contributed by atoms with Crippen molar-refractivity contribution < 1.29 is 19.1 Å². The Hall–Kier alpha value is -1.43. The Kier molecular flexibility index (Phi) is 3.40. The summed E-state index contributed by atoms with van der Waals surface area (Å²) in [5.74, 6) is -0.950. The van der Waals surface area contributed by atoms with Crippen LogP contribution in [0.1, 0.15) is 27.2 Å². The molecule has 20 heavy (non-hydrogen) atoms.